The van der Waals surface area contributed by atoms with E-state index in [4.69, 9.17) is 11.5 Å². The number of hydrogen-bond donors (Lipinski definition) is 3. The summed E-state index contributed by atoms with van der Waals surface area (Å²) in [6, 6.07) is 11.5. The molecular formula is C20H21N5O3. The molecular weight excluding hydrogens is 358 g/mol. The van der Waals surface area contributed by atoms with E-state index in [-0.39, 0.29) is 12.1 Å². The van der Waals surface area contributed by atoms with Crippen molar-refractivity contribution in [2.24, 2.45) is 16.5 Å². The molecule has 0 bridgehead atoms. The fourth-order valence-corrected chi connectivity index (χ4v) is 2.44. The number of rotatable bonds is 9. The maximum absolute atomic E-state index is 12.6. The number of ketones is 1. The minimum atomic E-state index is -1.11. The number of benzene rings is 1. The van der Waals surface area contributed by atoms with Crippen LogP contribution < -0.4 is 16.8 Å². The van der Waals surface area contributed by atoms with E-state index in [0.29, 0.717) is 12.1 Å². The van der Waals surface area contributed by atoms with E-state index in [1.54, 1.807) is 12.1 Å². The van der Waals surface area contributed by atoms with Crippen LogP contribution in [0.5, 0.6) is 0 Å². The lowest BCUT2D eigenvalue weighted by Gasteiger charge is -2.16. The summed E-state index contributed by atoms with van der Waals surface area (Å²) < 4.78 is 0. The summed E-state index contributed by atoms with van der Waals surface area (Å²) in [4.78, 5) is 44.2. The molecule has 0 aliphatic rings. The predicted octanol–water partition coefficient (Wildman–Crippen LogP) is 0.799. The summed E-state index contributed by atoms with van der Waals surface area (Å²) in [5.41, 5.74) is 12.0. The number of hydrogen-bond acceptors (Lipinski definition) is 6. The Morgan fingerprint density at radius 3 is 2.39 bits per heavy atom. The van der Waals surface area contributed by atoms with Crippen LogP contribution in [0, 0.1) is 0 Å². The molecule has 28 heavy (non-hydrogen) atoms. The largest absolute Gasteiger partial charge is 0.405 e. The van der Waals surface area contributed by atoms with E-state index in [1.807, 2.05) is 30.3 Å². The van der Waals surface area contributed by atoms with Crippen LogP contribution >= 0.6 is 0 Å². The van der Waals surface area contributed by atoms with Gasteiger partial charge in [-0.25, -0.2) is 4.99 Å². The highest BCUT2D eigenvalue weighted by Crippen LogP contribution is 2.10. The van der Waals surface area contributed by atoms with Gasteiger partial charge in [-0.1, -0.05) is 30.3 Å². The number of amides is 2. The van der Waals surface area contributed by atoms with Crippen molar-refractivity contribution >= 4 is 29.0 Å². The number of nitrogens with one attached hydrogen (secondary N) is 1. The van der Waals surface area contributed by atoms with E-state index in [9.17, 15) is 14.4 Å². The van der Waals surface area contributed by atoms with Gasteiger partial charge >= 0.3 is 0 Å². The normalized spacial score (nSPS) is 12.5. The number of Topliss-reactive ketones (excluding diaryl/α,β-unsaturated/α-hetero) is 1. The first kappa shape index (κ1) is 20.5. The zero-order valence-electron chi connectivity index (χ0n) is 15.1. The van der Waals surface area contributed by atoms with Crippen LogP contribution in [0.3, 0.4) is 0 Å². The van der Waals surface area contributed by atoms with Crippen LogP contribution in [-0.2, 0) is 20.8 Å². The van der Waals surface area contributed by atoms with Crippen LogP contribution in [0.15, 0.2) is 72.1 Å². The van der Waals surface area contributed by atoms with Gasteiger partial charge in [-0.3, -0.25) is 19.4 Å². The number of primary amides is 1. The molecule has 8 heteroatoms. The second kappa shape index (κ2) is 10.4. The molecule has 0 saturated heterocycles. The maximum Gasteiger partial charge on any atom is 0.287 e. The van der Waals surface area contributed by atoms with Gasteiger partial charge in [0.1, 0.15) is 5.71 Å². The van der Waals surface area contributed by atoms with Gasteiger partial charge < -0.3 is 16.8 Å². The molecule has 1 atom stereocenters. The lowest BCUT2D eigenvalue weighted by Crippen LogP contribution is -2.48. The van der Waals surface area contributed by atoms with Gasteiger partial charge in [-0.2, -0.15) is 0 Å². The summed E-state index contributed by atoms with van der Waals surface area (Å²) in [5, 5.41) is 2.53. The van der Waals surface area contributed by atoms with Crippen LogP contribution in [0.4, 0.5) is 5.69 Å². The minimum absolute atomic E-state index is 0.0179. The van der Waals surface area contributed by atoms with Crippen molar-refractivity contribution in [3.63, 3.8) is 0 Å². The highest BCUT2D eigenvalue weighted by molar-refractivity contribution is 6.45. The van der Waals surface area contributed by atoms with Crippen molar-refractivity contribution in [3.05, 3.63) is 72.7 Å². The van der Waals surface area contributed by atoms with Crippen LogP contribution in [0.1, 0.15) is 12.0 Å². The molecule has 0 aliphatic carbocycles. The van der Waals surface area contributed by atoms with Gasteiger partial charge in [0.15, 0.2) is 0 Å². The molecule has 1 unspecified atom stereocenters. The molecule has 2 rings (SSSR count). The monoisotopic (exact) mass is 379 g/mol. The van der Waals surface area contributed by atoms with E-state index < -0.39 is 23.6 Å². The van der Waals surface area contributed by atoms with Gasteiger partial charge in [-0.15, -0.1) is 0 Å². The fraction of sp³-hybridized carbons (Fsp3) is 0.150. The summed E-state index contributed by atoms with van der Waals surface area (Å²) in [7, 11) is 0. The predicted molar refractivity (Wildman–Crippen MR) is 106 cm³/mol. The highest BCUT2D eigenvalue weighted by atomic mass is 16.2. The van der Waals surface area contributed by atoms with Crippen molar-refractivity contribution in [2.75, 3.05) is 0 Å². The molecule has 8 nitrogen and oxygen atoms in total. The average Bonchev–Trinajstić information content (AvgIpc) is 2.71. The smallest absolute Gasteiger partial charge is 0.287 e. The first-order chi connectivity index (χ1) is 13.5. The minimum Gasteiger partial charge on any atom is -0.405 e. The highest BCUT2D eigenvalue weighted by Gasteiger charge is 2.26. The molecule has 1 aromatic heterocycles. The topological polar surface area (TPSA) is 141 Å². The molecule has 2 aromatic rings. The lowest BCUT2D eigenvalue weighted by atomic mass is 10.0. The molecule has 5 N–H and O–H groups in total. The van der Waals surface area contributed by atoms with Crippen molar-refractivity contribution in [1.29, 1.82) is 0 Å². The number of aliphatic imine (C=N–C) groups is 1. The number of nitrogens with two attached hydrogens (primary N) is 2. The Morgan fingerprint density at radius 1 is 1.11 bits per heavy atom. The number of aromatic nitrogens is 1. The standard InChI is InChI=1S/C20H21N5O3/c21-11-8-17(24-15-9-12-23-13-10-15)20(28)25-16(18(26)19(22)27)7-6-14-4-2-1-3-5-14/h1-5,8-13,16H,6-7,21H2,(H2,22,27)(H,25,28)/b11-8-,24-17?. The Balaban J connectivity index is 2.18. The Labute approximate surface area is 162 Å². The molecule has 0 aliphatic heterocycles. The Morgan fingerprint density at radius 2 is 1.79 bits per heavy atom. The molecule has 0 saturated carbocycles. The Kier molecular flexibility index (Phi) is 7.59. The average molecular weight is 379 g/mol. The number of carbonyl (C=O) groups is 3. The number of carbonyl (C=O) groups excluding carboxylic acids is 3. The number of nitrogens with zero attached hydrogens (tertiary/aromatic N) is 2. The molecule has 0 radical (unpaired) electrons. The Hall–Kier alpha value is -3.81. The zero-order valence-corrected chi connectivity index (χ0v) is 15.1. The summed E-state index contributed by atoms with van der Waals surface area (Å²) in [6.45, 7) is 0. The van der Waals surface area contributed by atoms with Gasteiger partial charge in [-0.05, 0) is 42.8 Å². The lowest BCUT2D eigenvalue weighted by molar-refractivity contribution is -0.138. The van der Waals surface area contributed by atoms with E-state index in [1.165, 1.54) is 18.5 Å². The SMILES string of the molecule is N/C=C\C(=Nc1ccncc1)C(=O)NC(CCc1ccccc1)C(=O)C(N)=O. The van der Waals surface area contributed by atoms with Gasteiger partial charge in [0, 0.05) is 12.4 Å². The van der Waals surface area contributed by atoms with Crippen molar-refractivity contribution < 1.29 is 14.4 Å². The third kappa shape index (κ3) is 6.17. The number of aryl methyl sites for hydroxylation is 1. The van der Waals surface area contributed by atoms with E-state index >= 15 is 0 Å². The molecule has 0 spiro atoms. The molecule has 2 amide bonds. The fourth-order valence-electron chi connectivity index (χ4n) is 2.44. The first-order valence-electron chi connectivity index (χ1n) is 8.56. The third-order valence-corrected chi connectivity index (χ3v) is 3.83. The summed E-state index contributed by atoms with van der Waals surface area (Å²) >= 11 is 0. The third-order valence-electron chi connectivity index (χ3n) is 3.83. The second-order valence-electron chi connectivity index (χ2n) is 5.84. The van der Waals surface area contributed by atoms with Gasteiger partial charge in [0.05, 0.1) is 11.7 Å². The van der Waals surface area contributed by atoms with Gasteiger partial charge in [0.2, 0.25) is 5.78 Å². The van der Waals surface area contributed by atoms with Crippen LogP contribution in [0.2, 0.25) is 0 Å². The summed E-state index contributed by atoms with van der Waals surface area (Å²) in [5.74, 6) is -2.63. The molecule has 144 valence electrons. The Bertz CT molecular complexity index is 879. The van der Waals surface area contributed by atoms with Crippen molar-refractivity contribution in [3.8, 4) is 0 Å². The van der Waals surface area contributed by atoms with Crippen LogP contribution in [-0.4, -0.2) is 34.3 Å². The quantitative estimate of drug-likeness (QED) is 0.436. The van der Waals surface area contributed by atoms with Crippen molar-refractivity contribution in [1.82, 2.24) is 10.3 Å². The van der Waals surface area contributed by atoms with E-state index in [2.05, 4.69) is 15.3 Å². The molecule has 1 aromatic carbocycles. The zero-order chi connectivity index (χ0) is 20.4. The maximum atomic E-state index is 12.6. The van der Waals surface area contributed by atoms with Gasteiger partial charge in [0.25, 0.3) is 11.8 Å². The molecule has 0 fully saturated rings. The van der Waals surface area contributed by atoms with Crippen molar-refractivity contribution in [2.45, 2.75) is 18.9 Å². The number of pyridine rings is 1. The molecule has 1 heterocycles. The van der Waals surface area contributed by atoms with Crippen LogP contribution in [0.25, 0.3) is 0 Å². The summed E-state index contributed by atoms with van der Waals surface area (Å²) in [6.07, 6.45) is 6.22. The van der Waals surface area contributed by atoms with E-state index in [0.717, 1.165) is 11.8 Å². The first-order valence-corrected chi connectivity index (χ1v) is 8.56. The second-order valence-corrected chi connectivity index (χ2v) is 5.84.